The summed E-state index contributed by atoms with van der Waals surface area (Å²) in [5.41, 5.74) is 11.0. The van der Waals surface area contributed by atoms with Crippen LogP contribution >= 0.6 is 0 Å². The van der Waals surface area contributed by atoms with Crippen molar-refractivity contribution in [3.05, 3.63) is 0 Å². The van der Waals surface area contributed by atoms with Crippen molar-refractivity contribution in [1.82, 2.24) is 10.2 Å². The Morgan fingerprint density at radius 2 is 1.95 bits per heavy atom. The number of carbonyl (C=O) groups is 2. The standard InChI is InChI=1S/C16H30N4O2/c1-9(2)19-14(16(18)22)12-8-11(12)7-10(3)20-6-4-5-13(20)15(17)21/h9-14,19H,4-8H2,1-3H3,(H2,17,21)(H2,18,22)/t10?,11?,12?,13-,14-/m0/s1. The van der Waals surface area contributed by atoms with Crippen LogP contribution in [0, 0.1) is 11.8 Å². The van der Waals surface area contributed by atoms with Crippen LogP contribution < -0.4 is 16.8 Å². The first-order valence-corrected chi connectivity index (χ1v) is 8.41. The third kappa shape index (κ3) is 3.98. The van der Waals surface area contributed by atoms with Crippen molar-refractivity contribution in [2.75, 3.05) is 6.54 Å². The summed E-state index contributed by atoms with van der Waals surface area (Å²) in [5.74, 6) is 0.364. The van der Waals surface area contributed by atoms with Crippen LogP contribution in [0.3, 0.4) is 0 Å². The van der Waals surface area contributed by atoms with Gasteiger partial charge in [-0.05, 0) is 51.0 Å². The van der Waals surface area contributed by atoms with Gasteiger partial charge >= 0.3 is 0 Å². The van der Waals surface area contributed by atoms with E-state index in [2.05, 4.69) is 17.1 Å². The van der Waals surface area contributed by atoms with E-state index >= 15 is 0 Å². The molecule has 2 amide bonds. The highest BCUT2D eigenvalue weighted by Gasteiger charge is 2.46. The summed E-state index contributed by atoms with van der Waals surface area (Å²) in [6.07, 6.45) is 3.93. The predicted molar refractivity (Wildman–Crippen MR) is 85.9 cm³/mol. The number of nitrogens with zero attached hydrogens (tertiary/aromatic N) is 1. The molecule has 1 aliphatic heterocycles. The number of hydrogen-bond acceptors (Lipinski definition) is 4. The minimum Gasteiger partial charge on any atom is -0.368 e. The molecule has 1 saturated carbocycles. The van der Waals surface area contributed by atoms with Crippen LogP contribution in [0.15, 0.2) is 0 Å². The van der Waals surface area contributed by atoms with Crippen molar-refractivity contribution < 1.29 is 9.59 Å². The van der Waals surface area contributed by atoms with Crippen LogP contribution in [0.25, 0.3) is 0 Å². The summed E-state index contributed by atoms with van der Waals surface area (Å²) in [6.45, 7) is 7.15. The van der Waals surface area contributed by atoms with Gasteiger partial charge in [-0.1, -0.05) is 13.8 Å². The van der Waals surface area contributed by atoms with Gasteiger partial charge in [-0.3, -0.25) is 14.5 Å². The maximum atomic E-state index is 11.6. The van der Waals surface area contributed by atoms with E-state index in [0.717, 1.165) is 32.2 Å². The number of carbonyl (C=O) groups excluding carboxylic acids is 2. The summed E-state index contributed by atoms with van der Waals surface area (Å²) in [6, 6.07) is 0.215. The molecule has 0 radical (unpaired) electrons. The third-order valence-electron chi connectivity index (χ3n) is 5.06. The number of hydrogen-bond donors (Lipinski definition) is 3. The molecule has 126 valence electrons. The van der Waals surface area contributed by atoms with E-state index < -0.39 is 0 Å². The highest BCUT2D eigenvalue weighted by molar-refractivity contribution is 5.81. The maximum absolute atomic E-state index is 11.6. The second kappa shape index (κ2) is 6.96. The Morgan fingerprint density at radius 1 is 1.27 bits per heavy atom. The fraction of sp³-hybridized carbons (Fsp3) is 0.875. The molecule has 2 aliphatic rings. The molecule has 0 bridgehead atoms. The van der Waals surface area contributed by atoms with Crippen molar-refractivity contribution in [2.45, 2.75) is 70.6 Å². The number of likely N-dealkylation sites (tertiary alicyclic amines) is 1. The first-order chi connectivity index (χ1) is 10.3. The molecule has 1 heterocycles. The Balaban J connectivity index is 1.87. The molecule has 5 N–H and O–H groups in total. The number of nitrogens with two attached hydrogens (primary N) is 2. The number of nitrogens with one attached hydrogen (secondary N) is 1. The molecule has 1 saturated heterocycles. The largest absolute Gasteiger partial charge is 0.368 e. The van der Waals surface area contributed by atoms with Gasteiger partial charge in [-0.25, -0.2) is 0 Å². The second-order valence-electron chi connectivity index (χ2n) is 7.24. The lowest BCUT2D eigenvalue weighted by Crippen LogP contribution is -2.47. The van der Waals surface area contributed by atoms with Gasteiger partial charge in [0.15, 0.2) is 0 Å². The minimum absolute atomic E-state index is 0.118. The third-order valence-corrected chi connectivity index (χ3v) is 5.06. The minimum atomic E-state index is -0.259. The zero-order chi connectivity index (χ0) is 16.4. The maximum Gasteiger partial charge on any atom is 0.234 e. The highest BCUT2D eigenvalue weighted by Crippen LogP contribution is 2.45. The average molecular weight is 310 g/mol. The normalized spacial score (nSPS) is 31.2. The zero-order valence-corrected chi connectivity index (χ0v) is 13.9. The predicted octanol–water partition coefficient (Wildman–Crippen LogP) is 0.203. The van der Waals surface area contributed by atoms with Gasteiger partial charge in [0.05, 0.1) is 12.1 Å². The van der Waals surface area contributed by atoms with E-state index in [-0.39, 0.29) is 29.9 Å². The van der Waals surface area contributed by atoms with Crippen LogP contribution in [0.2, 0.25) is 0 Å². The van der Waals surface area contributed by atoms with Crippen molar-refractivity contribution in [1.29, 1.82) is 0 Å². The van der Waals surface area contributed by atoms with Crippen molar-refractivity contribution in [2.24, 2.45) is 23.3 Å². The summed E-state index contributed by atoms with van der Waals surface area (Å²) >= 11 is 0. The zero-order valence-electron chi connectivity index (χ0n) is 13.9. The lowest BCUT2D eigenvalue weighted by molar-refractivity contribution is -0.123. The first-order valence-electron chi connectivity index (χ1n) is 8.41. The van der Waals surface area contributed by atoms with Crippen LogP contribution in [-0.4, -0.2) is 47.4 Å². The highest BCUT2D eigenvalue weighted by atomic mass is 16.2. The molecule has 1 aliphatic carbocycles. The first kappa shape index (κ1) is 17.2. The molecule has 0 aromatic rings. The number of primary amides is 2. The molecule has 0 aromatic heterocycles. The number of rotatable bonds is 8. The van der Waals surface area contributed by atoms with E-state index in [1.54, 1.807) is 0 Å². The molecular formula is C16H30N4O2. The summed E-state index contributed by atoms with van der Waals surface area (Å²) in [4.78, 5) is 25.4. The van der Waals surface area contributed by atoms with Crippen molar-refractivity contribution >= 4 is 11.8 Å². The molecule has 0 spiro atoms. The summed E-state index contributed by atoms with van der Waals surface area (Å²) in [7, 11) is 0. The van der Waals surface area contributed by atoms with E-state index in [9.17, 15) is 9.59 Å². The molecule has 2 fully saturated rings. The Morgan fingerprint density at radius 3 is 2.50 bits per heavy atom. The van der Waals surface area contributed by atoms with E-state index in [1.165, 1.54) is 0 Å². The quantitative estimate of drug-likeness (QED) is 0.596. The fourth-order valence-corrected chi connectivity index (χ4v) is 3.92. The summed E-state index contributed by atoms with van der Waals surface area (Å²) < 4.78 is 0. The molecular weight excluding hydrogens is 280 g/mol. The topological polar surface area (TPSA) is 101 Å². The average Bonchev–Trinajstić information content (AvgIpc) is 2.98. The van der Waals surface area contributed by atoms with Crippen LogP contribution in [0.5, 0.6) is 0 Å². The van der Waals surface area contributed by atoms with Gasteiger partial charge < -0.3 is 16.8 Å². The van der Waals surface area contributed by atoms with Crippen molar-refractivity contribution in [3.8, 4) is 0 Å². The van der Waals surface area contributed by atoms with Crippen LogP contribution in [0.4, 0.5) is 0 Å². The van der Waals surface area contributed by atoms with E-state index in [4.69, 9.17) is 11.5 Å². The van der Waals surface area contributed by atoms with Crippen molar-refractivity contribution in [3.63, 3.8) is 0 Å². The van der Waals surface area contributed by atoms with Gasteiger partial charge in [0.25, 0.3) is 0 Å². The molecule has 5 atom stereocenters. The van der Waals surface area contributed by atoms with Gasteiger partial charge in [-0.15, -0.1) is 0 Å². The van der Waals surface area contributed by atoms with E-state index in [1.807, 2.05) is 13.8 Å². The summed E-state index contributed by atoms with van der Waals surface area (Å²) in [5, 5.41) is 3.28. The fourth-order valence-electron chi connectivity index (χ4n) is 3.92. The van der Waals surface area contributed by atoms with Crippen LogP contribution in [-0.2, 0) is 9.59 Å². The lowest BCUT2D eigenvalue weighted by atomic mass is 10.0. The van der Waals surface area contributed by atoms with Gasteiger partial charge in [0, 0.05) is 12.1 Å². The Kier molecular flexibility index (Phi) is 5.45. The smallest absolute Gasteiger partial charge is 0.234 e. The Hall–Kier alpha value is -1.14. The SMILES string of the molecule is CC(C)N[C@H](C(N)=O)C1CC1CC(C)N1CCC[C@H]1C(N)=O. The number of amides is 2. The van der Waals surface area contributed by atoms with Gasteiger partial charge in [0.1, 0.15) is 0 Å². The molecule has 2 rings (SSSR count). The molecule has 22 heavy (non-hydrogen) atoms. The van der Waals surface area contributed by atoms with Gasteiger partial charge in [0.2, 0.25) is 11.8 Å². The van der Waals surface area contributed by atoms with Crippen LogP contribution in [0.1, 0.15) is 46.5 Å². The Labute approximate surface area is 133 Å². The lowest BCUT2D eigenvalue weighted by Gasteiger charge is -2.29. The monoisotopic (exact) mass is 310 g/mol. The Bertz CT molecular complexity index is 426. The molecule has 6 heteroatoms. The molecule has 3 unspecified atom stereocenters. The molecule has 6 nitrogen and oxygen atoms in total. The second-order valence-corrected chi connectivity index (χ2v) is 7.24. The van der Waals surface area contributed by atoms with E-state index in [0.29, 0.717) is 17.9 Å². The molecule has 0 aromatic carbocycles. The van der Waals surface area contributed by atoms with Gasteiger partial charge in [-0.2, -0.15) is 0 Å².